The summed E-state index contributed by atoms with van der Waals surface area (Å²) in [5.41, 5.74) is 0. The van der Waals surface area contributed by atoms with Gasteiger partial charge in [-0.15, -0.1) is 0 Å². The fourth-order valence-corrected chi connectivity index (χ4v) is 1.21. The average molecular weight is 429 g/mol. The molecular weight excluding hydrogens is 428 g/mol. The number of carbonyl (C=O) groups is 1. The molecule has 0 aromatic heterocycles. The highest BCUT2D eigenvalue weighted by Crippen LogP contribution is 2.60. The van der Waals surface area contributed by atoms with Crippen molar-refractivity contribution in [2.24, 2.45) is 0 Å². The maximum absolute atomic E-state index is 12.9. The highest BCUT2D eigenvalue weighted by atomic mass is 19.4. The predicted molar refractivity (Wildman–Crippen MR) is 46.2 cm³/mol. The number of hydrogen-bond donors (Lipinski definition) is 0. The third kappa shape index (κ3) is 3.05. The number of carbonyl (C=O) groups excluding carboxylic acids is 1. The SMILES string of the molecule is O=C(F)C(F)(F)C(F)C(F)(F)C(F)(F)C(F)(F)C(F)(F)C(F)(F)[C](F)F. The Morgan fingerprint density at radius 1 is 0.615 bits per heavy atom. The smallest absolute Gasteiger partial charge is 0.254 e. The maximum Gasteiger partial charge on any atom is 0.385 e. The Morgan fingerprint density at radius 2 is 0.962 bits per heavy atom. The fraction of sp³-hybridized carbons (Fsp3) is 0.778. The molecule has 0 aliphatic heterocycles. The Kier molecular flexibility index (Phi) is 5.96. The van der Waals surface area contributed by atoms with Crippen molar-refractivity contribution in [1.29, 1.82) is 0 Å². The minimum atomic E-state index is -8.30. The molecule has 1 radical (unpaired) electrons. The summed E-state index contributed by atoms with van der Waals surface area (Å²) in [6.45, 7) is 0. The van der Waals surface area contributed by atoms with Crippen molar-refractivity contribution in [1.82, 2.24) is 0 Å². The van der Waals surface area contributed by atoms with Gasteiger partial charge in [0.25, 0.3) is 0 Å². The molecule has 0 saturated carbocycles. The lowest BCUT2D eigenvalue weighted by Gasteiger charge is -2.40. The van der Waals surface area contributed by atoms with Crippen LogP contribution >= 0.6 is 0 Å². The summed E-state index contributed by atoms with van der Waals surface area (Å²) in [6.07, 6.45) is -11.2. The largest absolute Gasteiger partial charge is 0.385 e. The quantitative estimate of drug-likeness (QED) is 0.390. The van der Waals surface area contributed by atoms with E-state index in [4.69, 9.17) is 0 Å². The molecule has 26 heavy (non-hydrogen) atoms. The molecule has 155 valence electrons. The van der Waals surface area contributed by atoms with Crippen molar-refractivity contribution >= 4 is 6.04 Å². The lowest BCUT2D eigenvalue weighted by atomic mass is 9.90. The molecule has 0 aliphatic carbocycles. The summed E-state index contributed by atoms with van der Waals surface area (Å²) in [5, 5.41) is 0. The van der Waals surface area contributed by atoms with Crippen molar-refractivity contribution in [2.45, 2.75) is 41.7 Å². The molecule has 0 rings (SSSR count). The van der Waals surface area contributed by atoms with Crippen LogP contribution in [0, 0.1) is 6.43 Å². The van der Waals surface area contributed by atoms with Crippen LogP contribution in [0.2, 0.25) is 0 Å². The van der Waals surface area contributed by atoms with E-state index in [0.717, 1.165) is 0 Å². The molecule has 0 fully saturated rings. The first kappa shape index (κ1) is 24.6. The molecule has 0 aromatic carbocycles. The van der Waals surface area contributed by atoms with E-state index < -0.39 is 54.2 Å². The second-order valence-electron chi connectivity index (χ2n) is 4.44. The van der Waals surface area contributed by atoms with Crippen LogP contribution in [0.3, 0.4) is 0 Å². The Hall–Kier alpha value is -1.45. The molecule has 0 N–H and O–H groups in total. The van der Waals surface area contributed by atoms with Gasteiger partial charge in [-0.25, -0.2) is 4.39 Å². The number of halogens is 16. The molecule has 0 spiro atoms. The van der Waals surface area contributed by atoms with E-state index in [1.165, 1.54) is 0 Å². The molecule has 0 saturated heterocycles. The second-order valence-corrected chi connectivity index (χ2v) is 4.44. The Labute approximate surface area is 130 Å². The van der Waals surface area contributed by atoms with Gasteiger partial charge in [0, 0.05) is 0 Å². The number of alkyl halides is 13. The lowest BCUT2D eigenvalue weighted by Crippen LogP contribution is -2.71. The Morgan fingerprint density at radius 3 is 1.23 bits per heavy atom. The third-order valence-corrected chi connectivity index (χ3v) is 2.74. The van der Waals surface area contributed by atoms with Crippen molar-refractivity contribution in [3.05, 3.63) is 6.43 Å². The molecule has 1 unspecified atom stereocenters. The van der Waals surface area contributed by atoms with Gasteiger partial charge in [0.05, 0.1) is 0 Å². The molecule has 1 nitrogen and oxygen atoms in total. The molecular formula is C9HF16O. The zero-order chi connectivity index (χ0) is 21.7. The van der Waals surface area contributed by atoms with E-state index in [9.17, 15) is 75.0 Å². The van der Waals surface area contributed by atoms with Crippen LogP contribution in [-0.2, 0) is 4.79 Å². The van der Waals surface area contributed by atoms with Gasteiger partial charge in [0.1, 0.15) is 0 Å². The van der Waals surface area contributed by atoms with Gasteiger partial charge in [-0.3, -0.25) is 4.79 Å². The molecule has 0 bridgehead atoms. The molecule has 0 aliphatic rings. The van der Waals surface area contributed by atoms with Crippen LogP contribution in [-0.4, -0.2) is 47.7 Å². The lowest BCUT2D eigenvalue weighted by molar-refractivity contribution is -0.414. The van der Waals surface area contributed by atoms with Gasteiger partial charge in [0.15, 0.2) is 0 Å². The van der Waals surface area contributed by atoms with E-state index in [-0.39, 0.29) is 0 Å². The summed E-state index contributed by atoms with van der Waals surface area (Å²) < 4.78 is 200. The molecule has 0 amide bonds. The second kappa shape index (κ2) is 6.31. The summed E-state index contributed by atoms with van der Waals surface area (Å²) >= 11 is 0. The molecule has 0 aromatic rings. The van der Waals surface area contributed by atoms with Crippen LogP contribution in [0.15, 0.2) is 0 Å². The number of hydrogen-bond acceptors (Lipinski definition) is 1. The van der Waals surface area contributed by atoms with Gasteiger partial charge in [0.2, 0.25) is 6.17 Å². The van der Waals surface area contributed by atoms with E-state index in [1.54, 1.807) is 0 Å². The standard InChI is InChI=1S/C9HF16O/c10-1(4(14,15)3(13)26)5(16,17)7(20,21)9(24,25)8(22,23)6(18,19)2(11)12/h1H. The minimum Gasteiger partial charge on any atom is -0.254 e. The summed E-state index contributed by atoms with van der Waals surface area (Å²) in [5.74, 6) is -46.7. The first-order valence-electron chi connectivity index (χ1n) is 5.33. The Balaban J connectivity index is 6.40. The summed E-state index contributed by atoms with van der Waals surface area (Å²) in [7, 11) is 0. The van der Waals surface area contributed by atoms with Crippen molar-refractivity contribution in [2.75, 3.05) is 0 Å². The monoisotopic (exact) mass is 429 g/mol. The maximum atomic E-state index is 12.9. The van der Waals surface area contributed by atoms with E-state index in [2.05, 4.69) is 0 Å². The minimum absolute atomic E-state index is 4.44. The van der Waals surface area contributed by atoms with Crippen LogP contribution in [0.5, 0.6) is 0 Å². The van der Waals surface area contributed by atoms with Gasteiger partial charge in [-0.05, 0) is 0 Å². The van der Waals surface area contributed by atoms with E-state index >= 15 is 0 Å². The molecule has 17 heteroatoms. The van der Waals surface area contributed by atoms with Crippen molar-refractivity contribution in [3.63, 3.8) is 0 Å². The number of rotatable bonds is 8. The van der Waals surface area contributed by atoms with Crippen molar-refractivity contribution in [3.8, 4) is 0 Å². The zero-order valence-electron chi connectivity index (χ0n) is 11.0. The topological polar surface area (TPSA) is 17.1 Å². The van der Waals surface area contributed by atoms with Crippen LogP contribution in [0.25, 0.3) is 0 Å². The van der Waals surface area contributed by atoms with Gasteiger partial charge in [-0.2, -0.15) is 65.9 Å². The van der Waals surface area contributed by atoms with Crippen LogP contribution in [0.1, 0.15) is 0 Å². The molecule has 0 heterocycles. The first-order chi connectivity index (χ1) is 11.0. The van der Waals surface area contributed by atoms with Gasteiger partial charge < -0.3 is 0 Å². The third-order valence-electron chi connectivity index (χ3n) is 2.74. The van der Waals surface area contributed by atoms with Gasteiger partial charge >= 0.3 is 48.0 Å². The normalized spacial score (nSPS) is 16.8. The fourth-order valence-electron chi connectivity index (χ4n) is 1.21. The van der Waals surface area contributed by atoms with Gasteiger partial charge in [-0.1, -0.05) is 0 Å². The van der Waals surface area contributed by atoms with Crippen LogP contribution in [0.4, 0.5) is 70.2 Å². The summed E-state index contributed by atoms with van der Waals surface area (Å²) in [4.78, 5) is 9.58. The zero-order valence-corrected chi connectivity index (χ0v) is 11.0. The van der Waals surface area contributed by atoms with Crippen molar-refractivity contribution < 1.29 is 75.0 Å². The first-order valence-corrected chi connectivity index (χ1v) is 5.33. The van der Waals surface area contributed by atoms with Crippen LogP contribution < -0.4 is 0 Å². The highest BCUT2D eigenvalue weighted by molar-refractivity contribution is 5.77. The van der Waals surface area contributed by atoms with E-state index in [1.807, 2.05) is 0 Å². The average Bonchev–Trinajstić information content (AvgIpc) is 2.44. The summed E-state index contributed by atoms with van der Waals surface area (Å²) in [6, 6.07) is -4.44. The highest BCUT2D eigenvalue weighted by Gasteiger charge is 2.90. The molecule has 1 atom stereocenters. The predicted octanol–water partition coefficient (Wildman–Crippen LogP) is 5.06. The Bertz CT molecular complexity index is 536. The van der Waals surface area contributed by atoms with E-state index in [0.29, 0.717) is 0 Å².